The molecule has 0 radical (unpaired) electrons. The van der Waals surface area contributed by atoms with Gasteiger partial charge < -0.3 is 15.0 Å². The molecular formula is C28H21N5O8. The number of nitrogens with zero attached hydrogens (tertiary/aromatic N) is 4. The molecule has 1 N–H and O–H groups in total. The Morgan fingerprint density at radius 1 is 0.878 bits per heavy atom. The lowest BCUT2D eigenvalue weighted by atomic mass is 9.88. The topological polar surface area (TPSA) is 165 Å². The fraction of sp³-hybridized carbons (Fsp3) is 0.179. The van der Waals surface area contributed by atoms with E-state index < -0.39 is 51.5 Å². The third-order valence-electron chi connectivity index (χ3n) is 7.64. The quantitative estimate of drug-likeness (QED) is 0.272. The minimum absolute atomic E-state index is 0.0765. The summed E-state index contributed by atoms with van der Waals surface area (Å²) in [6.07, 6.45) is 3.61. The molecule has 13 heteroatoms. The maximum Gasteiger partial charge on any atom is 0.271 e. The molecule has 0 aromatic heterocycles. The van der Waals surface area contributed by atoms with E-state index in [2.05, 4.69) is 5.32 Å². The molecule has 2 fully saturated rings. The van der Waals surface area contributed by atoms with Gasteiger partial charge in [-0.25, -0.2) is 4.90 Å². The molecule has 3 aliphatic rings. The van der Waals surface area contributed by atoms with E-state index in [9.17, 15) is 34.6 Å². The number of hydrogen-bond acceptors (Lipinski definition) is 9. The lowest BCUT2D eigenvalue weighted by molar-refractivity contribution is -0.385. The predicted octanol–water partition coefficient (Wildman–Crippen LogP) is 3.54. The summed E-state index contributed by atoms with van der Waals surface area (Å²) in [5.41, 5.74) is 1.17. The summed E-state index contributed by atoms with van der Waals surface area (Å²) in [7, 11) is 1.32. The number of para-hydroxylation sites is 1. The van der Waals surface area contributed by atoms with Crippen LogP contribution in [-0.2, 0) is 14.4 Å². The van der Waals surface area contributed by atoms with Crippen molar-refractivity contribution in [3.05, 3.63) is 98.6 Å². The Morgan fingerprint density at radius 3 is 2.22 bits per heavy atom. The van der Waals surface area contributed by atoms with E-state index in [1.54, 1.807) is 23.1 Å². The van der Waals surface area contributed by atoms with E-state index in [1.807, 2.05) is 18.2 Å². The zero-order valence-corrected chi connectivity index (χ0v) is 21.4. The van der Waals surface area contributed by atoms with Crippen LogP contribution in [0.5, 0.6) is 5.75 Å². The highest BCUT2D eigenvalue weighted by Crippen LogP contribution is 2.50. The van der Waals surface area contributed by atoms with E-state index in [0.717, 1.165) is 16.5 Å². The van der Waals surface area contributed by atoms with Crippen molar-refractivity contribution >= 4 is 52.2 Å². The molecule has 41 heavy (non-hydrogen) atoms. The molecule has 206 valence electrons. The Morgan fingerprint density at radius 2 is 1.54 bits per heavy atom. The smallest absolute Gasteiger partial charge is 0.271 e. The summed E-state index contributed by atoms with van der Waals surface area (Å²) in [5.74, 6) is -3.90. The molecule has 3 aromatic carbocycles. The van der Waals surface area contributed by atoms with Gasteiger partial charge in [0.25, 0.3) is 11.4 Å². The first-order valence-corrected chi connectivity index (χ1v) is 12.5. The van der Waals surface area contributed by atoms with Gasteiger partial charge in [-0.3, -0.25) is 34.6 Å². The molecule has 3 aromatic rings. The maximum atomic E-state index is 14.1. The molecule has 0 unspecified atom stereocenters. The number of benzene rings is 3. The summed E-state index contributed by atoms with van der Waals surface area (Å²) < 4.78 is 5.32. The number of nitro benzene ring substituents is 2. The zero-order valence-electron chi connectivity index (χ0n) is 21.4. The van der Waals surface area contributed by atoms with Crippen LogP contribution in [0, 0.1) is 32.1 Å². The van der Waals surface area contributed by atoms with Gasteiger partial charge in [-0.05, 0) is 29.8 Å². The van der Waals surface area contributed by atoms with Crippen LogP contribution in [0.4, 0.5) is 28.4 Å². The summed E-state index contributed by atoms with van der Waals surface area (Å²) in [6.45, 7) is 0. The number of nitro groups is 2. The number of imide groups is 1. The van der Waals surface area contributed by atoms with Crippen LogP contribution in [0.3, 0.4) is 0 Å². The van der Waals surface area contributed by atoms with Crippen LogP contribution in [0.2, 0.25) is 0 Å². The minimum atomic E-state index is -1.14. The average Bonchev–Trinajstić information content (AvgIpc) is 3.45. The number of nitrogens with one attached hydrogen (secondary N) is 1. The highest BCUT2D eigenvalue weighted by molar-refractivity contribution is 6.26. The molecular weight excluding hydrogens is 534 g/mol. The van der Waals surface area contributed by atoms with Gasteiger partial charge in [0.2, 0.25) is 17.7 Å². The highest BCUT2D eigenvalue weighted by Gasteiger charge is 2.64. The number of amides is 3. The van der Waals surface area contributed by atoms with Crippen molar-refractivity contribution in [1.82, 2.24) is 0 Å². The number of ether oxygens (including phenoxy) is 1. The van der Waals surface area contributed by atoms with Crippen LogP contribution < -0.4 is 19.9 Å². The zero-order chi connectivity index (χ0) is 29.0. The Kier molecular flexibility index (Phi) is 5.98. The summed E-state index contributed by atoms with van der Waals surface area (Å²) in [5, 5.41) is 25.3. The fourth-order valence-electron chi connectivity index (χ4n) is 5.90. The van der Waals surface area contributed by atoms with Gasteiger partial charge in [0, 0.05) is 35.6 Å². The molecule has 0 bridgehead atoms. The number of fused-ring (bicyclic) bond motifs is 5. The standard InChI is InChI=1S/C28H21N5O8/c1-41-22-13-11-18(33(39)40)14-21(22)31-27(35)23-20-12-6-15-4-2-3-5-19(15)30(20)25(24(23)28(31)36)26(34)29-16-7-9-17(10-8-16)32(37)38/h2-14,20,23-25H,1H3,(H,29,34)/t20-,23-,24-,25+/m0/s1. The summed E-state index contributed by atoms with van der Waals surface area (Å²) in [6, 6.07) is 14.3. The van der Waals surface area contributed by atoms with Gasteiger partial charge in [-0.2, -0.15) is 0 Å². The second-order valence-corrected chi connectivity index (χ2v) is 9.73. The number of rotatable bonds is 6. The summed E-state index contributed by atoms with van der Waals surface area (Å²) in [4.78, 5) is 65.9. The van der Waals surface area contributed by atoms with Gasteiger partial charge in [0.1, 0.15) is 17.5 Å². The van der Waals surface area contributed by atoms with E-state index in [4.69, 9.17) is 4.74 Å². The monoisotopic (exact) mass is 555 g/mol. The van der Waals surface area contributed by atoms with E-state index in [-0.39, 0.29) is 28.5 Å². The van der Waals surface area contributed by atoms with Crippen molar-refractivity contribution in [3.8, 4) is 5.75 Å². The number of anilines is 3. The van der Waals surface area contributed by atoms with Crippen molar-refractivity contribution in [2.45, 2.75) is 12.1 Å². The first kappa shape index (κ1) is 25.7. The van der Waals surface area contributed by atoms with E-state index in [0.29, 0.717) is 5.69 Å². The molecule has 0 spiro atoms. The normalized spacial score (nSPS) is 22.2. The molecule has 4 atom stereocenters. The second-order valence-electron chi connectivity index (χ2n) is 9.73. The van der Waals surface area contributed by atoms with Gasteiger partial charge in [0.05, 0.1) is 34.8 Å². The molecule has 3 aliphatic heterocycles. The Hall–Kier alpha value is -5.59. The fourth-order valence-corrected chi connectivity index (χ4v) is 5.90. The van der Waals surface area contributed by atoms with E-state index >= 15 is 0 Å². The first-order valence-electron chi connectivity index (χ1n) is 12.5. The Labute approximate surface area is 231 Å². The number of carbonyl (C=O) groups excluding carboxylic acids is 3. The average molecular weight is 556 g/mol. The van der Waals surface area contributed by atoms with Crippen molar-refractivity contribution in [3.63, 3.8) is 0 Å². The van der Waals surface area contributed by atoms with Gasteiger partial charge >= 0.3 is 0 Å². The number of methoxy groups -OCH3 is 1. The third-order valence-corrected chi connectivity index (χ3v) is 7.64. The maximum absolute atomic E-state index is 14.1. The molecule has 0 saturated carbocycles. The van der Waals surface area contributed by atoms with Crippen LogP contribution in [0.1, 0.15) is 5.56 Å². The molecule has 13 nitrogen and oxygen atoms in total. The summed E-state index contributed by atoms with van der Waals surface area (Å²) >= 11 is 0. The van der Waals surface area contributed by atoms with E-state index in [1.165, 1.54) is 43.5 Å². The number of non-ortho nitro benzene ring substituents is 2. The lowest BCUT2D eigenvalue weighted by Gasteiger charge is -2.36. The van der Waals surface area contributed by atoms with Crippen molar-refractivity contribution in [2.75, 3.05) is 22.2 Å². The third kappa shape index (κ3) is 3.97. The molecule has 6 rings (SSSR count). The SMILES string of the molecule is COc1ccc([N+](=O)[O-])cc1N1C(=O)[C@@H]2[C@H](C1=O)[C@H](C(=O)Nc1ccc([N+](=O)[O-])cc1)N1c3ccccc3C=C[C@@H]21. The predicted molar refractivity (Wildman–Crippen MR) is 146 cm³/mol. The van der Waals surface area contributed by atoms with Crippen LogP contribution in [-0.4, -0.2) is 46.8 Å². The molecule has 0 aliphatic carbocycles. The van der Waals surface area contributed by atoms with Crippen molar-refractivity contribution < 1.29 is 29.0 Å². The van der Waals surface area contributed by atoms with Crippen LogP contribution in [0.25, 0.3) is 6.08 Å². The molecule has 3 heterocycles. The van der Waals surface area contributed by atoms with Gasteiger partial charge in [0.15, 0.2) is 0 Å². The first-order chi connectivity index (χ1) is 19.7. The Bertz CT molecular complexity index is 1670. The lowest BCUT2D eigenvalue weighted by Crippen LogP contribution is -2.50. The highest BCUT2D eigenvalue weighted by atomic mass is 16.6. The van der Waals surface area contributed by atoms with Crippen molar-refractivity contribution in [1.29, 1.82) is 0 Å². The van der Waals surface area contributed by atoms with Crippen LogP contribution >= 0.6 is 0 Å². The van der Waals surface area contributed by atoms with Gasteiger partial charge in [-0.1, -0.05) is 30.4 Å². The number of carbonyl (C=O) groups is 3. The number of hydrogen-bond donors (Lipinski definition) is 1. The van der Waals surface area contributed by atoms with Crippen molar-refractivity contribution in [2.24, 2.45) is 11.8 Å². The second kappa shape index (κ2) is 9.55. The Balaban J connectivity index is 1.43. The largest absolute Gasteiger partial charge is 0.495 e. The van der Waals surface area contributed by atoms with Crippen LogP contribution in [0.15, 0.2) is 72.8 Å². The van der Waals surface area contributed by atoms with Gasteiger partial charge in [-0.15, -0.1) is 0 Å². The molecule has 2 saturated heterocycles. The minimum Gasteiger partial charge on any atom is -0.495 e. The molecule has 3 amide bonds.